The zero-order chi connectivity index (χ0) is 25.5. The Labute approximate surface area is 221 Å². The molecule has 7 nitrogen and oxygen atoms in total. The lowest BCUT2D eigenvalue weighted by Gasteiger charge is -2.22. The van der Waals surface area contributed by atoms with Crippen molar-refractivity contribution in [3.05, 3.63) is 105 Å². The molecule has 6 rings (SSSR count). The number of benzene rings is 2. The van der Waals surface area contributed by atoms with E-state index in [4.69, 9.17) is 4.42 Å². The summed E-state index contributed by atoms with van der Waals surface area (Å²) in [7, 11) is 0. The third-order valence-electron chi connectivity index (χ3n) is 5.83. The SMILES string of the molecule is O=C(C1=C(O)C(=O)N(c2nnc(SCc3ccccc3F)s2)C1c1cccs1)c1cc2ccccc2o1. The number of ketones is 1. The number of carbonyl (C=O) groups excluding carboxylic acids is 2. The average Bonchev–Trinajstić information content (AvgIpc) is 3.70. The maximum atomic E-state index is 14.0. The van der Waals surface area contributed by atoms with E-state index >= 15 is 0 Å². The molecule has 2 aromatic carbocycles. The largest absolute Gasteiger partial charge is 0.503 e. The summed E-state index contributed by atoms with van der Waals surface area (Å²) in [6.07, 6.45) is 0. The predicted molar refractivity (Wildman–Crippen MR) is 141 cm³/mol. The second-order valence-electron chi connectivity index (χ2n) is 8.06. The Balaban J connectivity index is 1.33. The number of hydrogen-bond acceptors (Lipinski definition) is 9. The average molecular weight is 550 g/mol. The number of rotatable bonds is 7. The zero-order valence-corrected chi connectivity index (χ0v) is 21.3. The normalized spacial score (nSPS) is 15.8. The molecule has 11 heteroatoms. The molecule has 0 radical (unpaired) electrons. The highest BCUT2D eigenvalue weighted by Crippen LogP contribution is 2.45. The van der Waals surface area contributed by atoms with Crippen LogP contribution in [0.25, 0.3) is 11.0 Å². The lowest BCUT2D eigenvalue weighted by Crippen LogP contribution is -2.30. The van der Waals surface area contributed by atoms with Crippen molar-refractivity contribution in [2.75, 3.05) is 4.90 Å². The number of nitrogens with zero attached hydrogens (tertiary/aromatic N) is 3. The summed E-state index contributed by atoms with van der Waals surface area (Å²) < 4.78 is 20.3. The number of thioether (sulfide) groups is 1. The van der Waals surface area contributed by atoms with E-state index in [2.05, 4.69) is 10.2 Å². The second-order valence-corrected chi connectivity index (χ2v) is 11.2. The van der Waals surface area contributed by atoms with E-state index in [1.165, 1.54) is 34.1 Å². The Morgan fingerprint density at radius 1 is 1.11 bits per heavy atom. The summed E-state index contributed by atoms with van der Waals surface area (Å²) in [6, 6.07) is 17.9. The van der Waals surface area contributed by atoms with Crippen LogP contribution >= 0.6 is 34.4 Å². The lowest BCUT2D eigenvalue weighted by molar-refractivity contribution is -0.117. The molecule has 1 aliphatic rings. The molecular weight excluding hydrogens is 534 g/mol. The number of fused-ring (bicyclic) bond motifs is 1. The fourth-order valence-corrected chi connectivity index (χ4v) is 6.77. The molecule has 0 saturated heterocycles. The van der Waals surface area contributed by atoms with Gasteiger partial charge in [0.2, 0.25) is 10.9 Å². The number of aliphatic hydroxyl groups is 1. The summed E-state index contributed by atoms with van der Waals surface area (Å²) in [5.74, 6) is -1.93. The third-order valence-corrected chi connectivity index (χ3v) is 8.86. The Kier molecular flexibility index (Phi) is 6.11. The van der Waals surface area contributed by atoms with Gasteiger partial charge >= 0.3 is 0 Å². The van der Waals surface area contributed by atoms with Gasteiger partial charge in [-0.05, 0) is 35.2 Å². The quantitative estimate of drug-likeness (QED) is 0.140. The van der Waals surface area contributed by atoms with E-state index in [-0.39, 0.29) is 22.3 Å². The number of anilines is 1. The molecule has 3 aromatic heterocycles. The topological polar surface area (TPSA) is 96.5 Å². The van der Waals surface area contributed by atoms with E-state index in [0.29, 0.717) is 26.1 Å². The molecule has 0 saturated carbocycles. The number of para-hydroxylation sites is 1. The van der Waals surface area contributed by atoms with Crippen molar-refractivity contribution >= 4 is 62.2 Å². The van der Waals surface area contributed by atoms with Crippen LogP contribution in [0.1, 0.15) is 27.0 Å². The number of Topliss-reactive ketones (excluding diaryl/α,β-unsaturated/α-hetero) is 1. The zero-order valence-electron chi connectivity index (χ0n) is 18.8. The van der Waals surface area contributed by atoms with Crippen LogP contribution in [0.15, 0.2) is 92.2 Å². The number of hydrogen-bond donors (Lipinski definition) is 1. The van der Waals surface area contributed by atoms with Gasteiger partial charge in [-0.2, -0.15) is 0 Å². The van der Waals surface area contributed by atoms with Crippen LogP contribution in [-0.4, -0.2) is 27.0 Å². The smallest absolute Gasteiger partial charge is 0.296 e. The standard InChI is InChI=1S/C26H16FN3O4S3/c27-16-8-3-1-7-15(16)13-36-26-29-28-25(37-26)30-21(19-10-5-11-35-19)20(23(32)24(30)33)22(31)18-12-14-6-2-4-9-17(14)34-18/h1-12,21,32H,13H2. The van der Waals surface area contributed by atoms with Crippen molar-refractivity contribution in [2.45, 2.75) is 16.1 Å². The lowest BCUT2D eigenvalue weighted by atomic mass is 10.0. The van der Waals surface area contributed by atoms with Crippen LogP contribution < -0.4 is 4.90 Å². The molecule has 1 aliphatic heterocycles. The maximum absolute atomic E-state index is 14.0. The first-order valence-corrected chi connectivity index (χ1v) is 13.7. The Morgan fingerprint density at radius 3 is 2.70 bits per heavy atom. The molecule has 1 amide bonds. The van der Waals surface area contributed by atoms with Gasteiger partial charge in [0.05, 0.1) is 5.57 Å². The van der Waals surface area contributed by atoms with Crippen LogP contribution in [-0.2, 0) is 10.5 Å². The number of aliphatic hydroxyl groups excluding tert-OH is 1. The molecule has 1 unspecified atom stereocenters. The highest BCUT2D eigenvalue weighted by molar-refractivity contribution is 8.00. The molecule has 1 N–H and O–H groups in total. The summed E-state index contributed by atoms with van der Waals surface area (Å²) in [5.41, 5.74) is 0.971. The van der Waals surface area contributed by atoms with Crippen LogP contribution in [0.5, 0.6) is 0 Å². The Hall–Kier alpha value is -3.80. The van der Waals surface area contributed by atoms with Gasteiger partial charge in [0.1, 0.15) is 17.4 Å². The first kappa shape index (κ1) is 23.6. The Bertz CT molecular complexity index is 1640. The first-order chi connectivity index (χ1) is 18.0. The molecule has 1 atom stereocenters. The summed E-state index contributed by atoms with van der Waals surface area (Å²) in [6.45, 7) is 0. The van der Waals surface area contributed by atoms with E-state index < -0.39 is 23.5 Å². The molecule has 4 heterocycles. The van der Waals surface area contributed by atoms with Gasteiger partial charge in [0, 0.05) is 16.0 Å². The number of aromatic nitrogens is 2. The fourth-order valence-electron chi connectivity index (χ4n) is 4.09. The van der Waals surface area contributed by atoms with Crippen molar-refractivity contribution in [2.24, 2.45) is 0 Å². The fraction of sp³-hybridized carbons (Fsp3) is 0.0769. The highest BCUT2D eigenvalue weighted by atomic mass is 32.2. The molecule has 0 spiro atoms. The van der Waals surface area contributed by atoms with Gasteiger partial charge in [-0.15, -0.1) is 21.5 Å². The van der Waals surface area contributed by atoms with Crippen molar-refractivity contribution in [1.29, 1.82) is 0 Å². The molecule has 0 bridgehead atoms. The van der Waals surface area contributed by atoms with Gasteiger partial charge in [0.15, 0.2) is 15.9 Å². The van der Waals surface area contributed by atoms with Crippen molar-refractivity contribution in [3.8, 4) is 0 Å². The number of halogens is 1. The number of amides is 1. The van der Waals surface area contributed by atoms with Crippen molar-refractivity contribution in [3.63, 3.8) is 0 Å². The van der Waals surface area contributed by atoms with Crippen LogP contribution in [0.4, 0.5) is 9.52 Å². The number of carbonyl (C=O) groups is 2. The highest BCUT2D eigenvalue weighted by Gasteiger charge is 2.47. The van der Waals surface area contributed by atoms with E-state index in [1.807, 2.05) is 17.5 Å². The third kappa shape index (κ3) is 4.24. The molecule has 5 aromatic rings. The van der Waals surface area contributed by atoms with Crippen molar-refractivity contribution in [1.82, 2.24) is 10.2 Å². The summed E-state index contributed by atoms with van der Waals surface area (Å²) in [4.78, 5) is 28.8. The van der Waals surface area contributed by atoms with E-state index in [0.717, 1.165) is 16.7 Å². The van der Waals surface area contributed by atoms with Crippen molar-refractivity contribution < 1.29 is 23.5 Å². The van der Waals surface area contributed by atoms with Gasteiger partial charge in [-0.3, -0.25) is 14.5 Å². The second kappa shape index (κ2) is 9.58. The van der Waals surface area contributed by atoms with E-state index in [1.54, 1.807) is 48.5 Å². The number of thiophene rings is 1. The molecule has 0 aliphatic carbocycles. The minimum Gasteiger partial charge on any atom is -0.503 e. The van der Waals surface area contributed by atoms with Crippen LogP contribution in [0.3, 0.4) is 0 Å². The minimum absolute atomic E-state index is 0.0253. The monoisotopic (exact) mass is 549 g/mol. The Morgan fingerprint density at radius 2 is 1.92 bits per heavy atom. The first-order valence-electron chi connectivity index (χ1n) is 11.0. The summed E-state index contributed by atoms with van der Waals surface area (Å²) in [5, 5.41) is 22.0. The summed E-state index contributed by atoms with van der Waals surface area (Å²) >= 11 is 3.76. The van der Waals surface area contributed by atoms with Crippen LogP contribution in [0, 0.1) is 5.82 Å². The molecule has 184 valence electrons. The molecule has 0 fully saturated rings. The van der Waals surface area contributed by atoms with Gasteiger partial charge in [-0.25, -0.2) is 4.39 Å². The molecule has 37 heavy (non-hydrogen) atoms. The minimum atomic E-state index is -0.898. The van der Waals surface area contributed by atoms with Gasteiger partial charge < -0.3 is 9.52 Å². The number of furan rings is 1. The van der Waals surface area contributed by atoms with Gasteiger partial charge in [-0.1, -0.05) is 65.6 Å². The van der Waals surface area contributed by atoms with Gasteiger partial charge in [0.25, 0.3) is 5.91 Å². The predicted octanol–water partition coefficient (Wildman–Crippen LogP) is 6.56. The van der Waals surface area contributed by atoms with Crippen LogP contribution in [0.2, 0.25) is 0 Å². The maximum Gasteiger partial charge on any atom is 0.296 e. The molecular formula is C26H16FN3O4S3. The van der Waals surface area contributed by atoms with E-state index in [9.17, 15) is 19.1 Å².